The van der Waals surface area contributed by atoms with Gasteiger partial charge in [-0.2, -0.15) is 0 Å². The number of nitrogens with one attached hydrogen (secondary N) is 1. The van der Waals surface area contributed by atoms with Crippen molar-refractivity contribution in [2.75, 3.05) is 26.2 Å². The number of aliphatic hydroxyl groups excluding tert-OH is 1. The van der Waals surface area contributed by atoms with Gasteiger partial charge in [-0.25, -0.2) is 4.79 Å². The van der Waals surface area contributed by atoms with Crippen molar-refractivity contribution < 1.29 is 14.6 Å². The van der Waals surface area contributed by atoms with Crippen molar-refractivity contribution in [1.29, 1.82) is 0 Å². The molecule has 1 amide bonds. The minimum absolute atomic E-state index is 0.179. The second-order valence-electron chi connectivity index (χ2n) is 7.17. The summed E-state index contributed by atoms with van der Waals surface area (Å²) in [6, 6.07) is 0.251. The zero-order valence-electron chi connectivity index (χ0n) is 14.6. The van der Waals surface area contributed by atoms with Crippen LogP contribution in [0, 0.1) is 0 Å². The molecule has 22 heavy (non-hydrogen) atoms. The first kappa shape index (κ1) is 19.2. The molecule has 5 nitrogen and oxygen atoms in total. The largest absolute Gasteiger partial charge is 0.444 e. The van der Waals surface area contributed by atoms with Crippen molar-refractivity contribution in [3.63, 3.8) is 0 Å². The standard InChI is InChI=1S/C17H34N2O3/c1-17(2,3)22-16(21)19-12-8-6-10-15(19)14-18-11-7-4-5-9-13-20/h15,18,20H,4-14H2,1-3H3. The highest BCUT2D eigenvalue weighted by atomic mass is 16.6. The van der Waals surface area contributed by atoms with Gasteiger partial charge in [-0.3, -0.25) is 0 Å². The summed E-state index contributed by atoms with van der Waals surface area (Å²) < 4.78 is 5.51. The fourth-order valence-corrected chi connectivity index (χ4v) is 2.76. The molecule has 0 aromatic carbocycles. The third kappa shape index (κ3) is 7.99. The predicted octanol–water partition coefficient (Wildman–Crippen LogP) is 2.92. The van der Waals surface area contributed by atoms with Gasteiger partial charge >= 0.3 is 6.09 Å². The molecule has 0 spiro atoms. The Hall–Kier alpha value is -0.810. The summed E-state index contributed by atoms with van der Waals surface area (Å²) in [7, 11) is 0. The van der Waals surface area contributed by atoms with Crippen molar-refractivity contribution in [2.45, 2.75) is 77.4 Å². The van der Waals surface area contributed by atoms with Crippen molar-refractivity contribution in [3.8, 4) is 0 Å². The summed E-state index contributed by atoms with van der Waals surface area (Å²) in [6.07, 6.45) is 7.38. The van der Waals surface area contributed by atoms with E-state index in [1.165, 1.54) is 6.42 Å². The van der Waals surface area contributed by atoms with Gasteiger partial charge in [0.2, 0.25) is 0 Å². The minimum atomic E-state index is -0.431. The van der Waals surface area contributed by atoms with E-state index < -0.39 is 5.60 Å². The summed E-state index contributed by atoms with van der Waals surface area (Å²) in [5, 5.41) is 12.2. The summed E-state index contributed by atoms with van der Waals surface area (Å²) in [6.45, 7) is 8.65. The van der Waals surface area contributed by atoms with Crippen LogP contribution in [0.4, 0.5) is 4.79 Å². The summed E-state index contributed by atoms with van der Waals surface area (Å²) in [5.74, 6) is 0. The summed E-state index contributed by atoms with van der Waals surface area (Å²) in [5.41, 5.74) is -0.431. The number of carbonyl (C=O) groups excluding carboxylic acids is 1. The fraction of sp³-hybridized carbons (Fsp3) is 0.941. The Bertz CT molecular complexity index is 316. The average molecular weight is 314 g/mol. The molecule has 1 rings (SSSR count). The van der Waals surface area contributed by atoms with Crippen LogP contribution in [0.1, 0.15) is 65.7 Å². The lowest BCUT2D eigenvalue weighted by Gasteiger charge is -2.37. The van der Waals surface area contributed by atoms with Crippen molar-refractivity contribution in [1.82, 2.24) is 10.2 Å². The molecule has 130 valence electrons. The number of unbranched alkanes of at least 4 members (excludes halogenated alkanes) is 3. The Kier molecular flexibility index (Phi) is 8.79. The van der Waals surface area contributed by atoms with E-state index in [9.17, 15) is 4.79 Å². The first-order valence-corrected chi connectivity index (χ1v) is 8.75. The van der Waals surface area contributed by atoms with E-state index in [0.717, 1.165) is 58.2 Å². The quantitative estimate of drug-likeness (QED) is 0.676. The number of carbonyl (C=O) groups is 1. The van der Waals surface area contributed by atoms with Gasteiger partial charge in [-0.05, 0) is 59.4 Å². The first-order valence-electron chi connectivity index (χ1n) is 8.75. The zero-order valence-corrected chi connectivity index (χ0v) is 14.6. The topological polar surface area (TPSA) is 61.8 Å². The van der Waals surface area contributed by atoms with Crippen LogP contribution in [0.25, 0.3) is 0 Å². The number of aliphatic hydroxyl groups is 1. The van der Waals surface area contributed by atoms with E-state index in [1.54, 1.807) is 0 Å². The van der Waals surface area contributed by atoms with Crippen molar-refractivity contribution in [3.05, 3.63) is 0 Å². The predicted molar refractivity (Wildman–Crippen MR) is 89.0 cm³/mol. The summed E-state index contributed by atoms with van der Waals surface area (Å²) in [4.78, 5) is 14.2. The molecule has 1 heterocycles. The van der Waals surface area contributed by atoms with E-state index in [-0.39, 0.29) is 12.1 Å². The minimum Gasteiger partial charge on any atom is -0.444 e. The van der Waals surface area contributed by atoms with Crippen LogP contribution in [0.5, 0.6) is 0 Å². The van der Waals surface area contributed by atoms with Gasteiger partial charge < -0.3 is 20.1 Å². The van der Waals surface area contributed by atoms with Gasteiger partial charge in [0.15, 0.2) is 0 Å². The zero-order chi connectivity index (χ0) is 16.4. The molecule has 1 saturated heterocycles. The second kappa shape index (κ2) is 10.1. The lowest BCUT2D eigenvalue weighted by molar-refractivity contribution is 0.00997. The number of hydrogen-bond donors (Lipinski definition) is 2. The average Bonchev–Trinajstić information content (AvgIpc) is 2.45. The Morgan fingerprint density at radius 2 is 1.95 bits per heavy atom. The van der Waals surface area contributed by atoms with Gasteiger partial charge in [0.1, 0.15) is 5.60 Å². The lowest BCUT2D eigenvalue weighted by atomic mass is 10.0. The first-order chi connectivity index (χ1) is 10.4. The molecular weight excluding hydrogens is 280 g/mol. The number of hydrogen-bond acceptors (Lipinski definition) is 4. The van der Waals surface area contributed by atoms with E-state index in [1.807, 2.05) is 25.7 Å². The molecule has 0 radical (unpaired) electrons. The van der Waals surface area contributed by atoms with Gasteiger partial charge in [0.05, 0.1) is 0 Å². The van der Waals surface area contributed by atoms with Gasteiger partial charge in [0.25, 0.3) is 0 Å². The number of nitrogens with zero attached hydrogens (tertiary/aromatic N) is 1. The SMILES string of the molecule is CC(C)(C)OC(=O)N1CCCCC1CNCCCCCCO. The third-order valence-corrected chi connectivity index (χ3v) is 3.90. The maximum absolute atomic E-state index is 12.3. The van der Waals surface area contributed by atoms with Crippen LogP contribution >= 0.6 is 0 Å². The van der Waals surface area contributed by atoms with Crippen LogP contribution in [0.2, 0.25) is 0 Å². The number of amides is 1. The number of rotatable bonds is 8. The number of likely N-dealkylation sites (tertiary alicyclic amines) is 1. The highest BCUT2D eigenvalue weighted by Gasteiger charge is 2.29. The second-order valence-corrected chi connectivity index (χ2v) is 7.17. The van der Waals surface area contributed by atoms with E-state index >= 15 is 0 Å². The normalized spacial score (nSPS) is 19.3. The van der Waals surface area contributed by atoms with Crippen LogP contribution in [-0.4, -0.2) is 54.0 Å². The van der Waals surface area contributed by atoms with Gasteiger partial charge in [-0.1, -0.05) is 12.8 Å². The highest BCUT2D eigenvalue weighted by molar-refractivity contribution is 5.68. The molecule has 1 aliphatic rings. The Labute approximate surface area is 135 Å². The van der Waals surface area contributed by atoms with Gasteiger partial charge in [0, 0.05) is 25.7 Å². The van der Waals surface area contributed by atoms with Crippen molar-refractivity contribution >= 4 is 6.09 Å². The molecule has 1 fully saturated rings. The highest BCUT2D eigenvalue weighted by Crippen LogP contribution is 2.20. The molecule has 0 aromatic rings. The van der Waals surface area contributed by atoms with E-state index in [0.29, 0.717) is 6.61 Å². The fourth-order valence-electron chi connectivity index (χ4n) is 2.76. The molecule has 0 aromatic heterocycles. The Balaban J connectivity index is 2.28. The van der Waals surface area contributed by atoms with Crippen LogP contribution in [-0.2, 0) is 4.74 Å². The molecule has 1 aliphatic heterocycles. The smallest absolute Gasteiger partial charge is 0.410 e. The lowest BCUT2D eigenvalue weighted by Crippen LogP contribution is -2.50. The van der Waals surface area contributed by atoms with E-state index in [2.05, 4.69) is 5.32 Å². The number of ether oxygens (including phenoxy) is 1. The number of piperidine rings is 1. The Morgan fingerprint density at radius 1 is 1.23 bits per heavy atom. The molecule has 0 aliphatic carbocycles. The van der Waals surface area contributed by atoms with E-state index in [4.69, 9.17) is 9.84 Å². The van der Waals surface area contributed by atoms with Crippen molar-refractivity contribution in [2.24, 2.45) is 0 Å². The molecule has 1 unspecified atom stereocenters. The van der Waals surface area contributed by atoms with Crippen LogP contribution in [0.3, 0.4) is 0 Å². The molecule has 1 atom stereocenters. The van der Waals surface area contributed by atoms with Crippen LogP contribution < -0.4 is 5.32 Å². The third-order valence-electron chi connectivity index (χ3n) is 3.90. The van der Waals surface area contributed by atoms with Gasteiger partial charge in [-0.15, -0.1) is 0 Å². The van der Waals surface area contributed by atoms with Crippen LogP contribution in [0.15, 0.2) is 0 Å². The molecule has 5 heteroatoms. The summed E-state index contributed by atoms with van der Waals surface area (Å²) >= 11 is 0. The molecule has 2 N–H and O–H groups in total. The molecule has 0 saturated carbocycles. The maximum Gasteiger partial charge on any atom is 0.410 e. The molecular formula is C17H34N2O3. The maximum atomic E-state index is 12.3. The molecule has 0 bridgehead atoms. The Morgan fingerprint density at radius 3 is 2.64 bits per heavy atom. The monoisotopic (exact) mass is 314 g/mol.